The molecule has 0 radical (unpaired) electrons. The zero-order chi connectivity index (χ0) is 16.4. The summed E-state index contributed by atoms with van der Waals surface area (Å²) in [6.45, 7) is 3.46. The molecular weight excluding hydrogens is 316 g/mol. The van der Waals surface area contributed by atoms with Crippen molar-refractivity contribution >= 4 is 34.3 Å². The molecule has 1 heterocycles. The second kappa shape index (κ2) is 6.30. The summed E-state index contributed by atoms with van der Waals surface area (Å²) in [4.78, 5) is 16.5. The van der Waals surface area contributed by atoms with Crippen LogP contribution in [0.15, 0.2) is 46.9 Å². The first kappa shape index (κ1) is 15.4. The Bertz CT molecular complexity index is 843. The Hall–Kier alpha value is -2.53. The Morgan fingerprint density at radius 1 is 1.26 bits per heavy atom. The van der Waals surface area contributed by atoms with E-state index in [9.17, 15) is 4.79 Å². The van der Waals surface area contributed by atoms with Crippen molar-refractivity contribution in [2.45, 2.75) is 20.0 Å². The van der Waals surface area contributed by atoms with Crippen molar-refractivity contribution in [1.82, 2.24) is 4.98 Å². The van der Waals surface area contributed by atoms with Gasteiger partial charge in [0.2, 0.25) is 0 Å². The molecule has 0 aliphatic rings. The van der Waals surface area contributed by atoms with Gasteiger partial charge in [-0.25, -0.2) is 4.98 Å². The van der Waals surface area contributed by atoms with E-state index in [0.29, 0.717) is 33.4 Å². The van der Waals surface area contributed by atoms with E-state index in [1.165, 1.54) is 0 Å². The number of amides is 1. The van der Waals surface area contributed by atoms with Crippen molar-refractivity contribution in [2.24, 2.45) is 0 Å². The Kier molecular flexibility index (Phi) is 4.21. The number of aromatic nitrogens is 1. The Morgan fingerprint density at radius 2 is 2.00 bits per heavy atom. The first-order valence-electron chi connectivity index (χ1n) is 7.11. The van der Waals surface area contributed by atoms with Crippen LogP contribution >= 0.6 is 11.6 Å². The fourth-order valence-electron chi connectivity index (χ4n) is 2.14. The standard InChI is InChI=1S/C17H15ClN2O3/c1-10(22-14-6-3-12(18)4-7-14)17(21)20-13-5-8-16-15(9-13)19-11(2)23-16/h3-10H,1-2H3,(H,20,21)/t10-/m1/s1. The van der Waals surface area contributed by atoms with E-state index in [-0.39, 0.29) is 5.91 Å². The van der Waals surface area contributed by atoms with Gasteiger partial charge in [-0.05, 0) is 49.4 Å². The third kappa shape index (κ3) is 3.63. The molecule has 6 heteroatoms. The number of rotatable bonds is 4. The maximum atomic E-state index is 12.2. The number of nitrogens with zero attached hydrogens (tertiary/aromatic N) is 1. The molecule has 0 bridgehead atoms. The number of halogens is 1. The van der Waals surface area contributed by atoms with Crippen molar-refractivity contribution in [2.75, 3.05) is 5.32 Å². The number of ether oxygens (including phenoxy) is 1. The van der Waals surface area contributed by atoms with Crippen LogP contribution in [0.25, 0.3) is 11.1 Å². The second-order valence-electron chi connectivity index (χ2n) is 5.12. The highest BCUT2D eigenvalue weighted by molar-refractivity contribution is 6.30. The van der Waals surface area contributed by atoms with Crippen molar-refractivity contribution in [3.05, 3.63) is 53.4 Å². The van der Waals surface area contributed by atoms with Gasteiger partial charge in [0, 0.05) is 17.6 Å². The highest BCUT2D eigenvalue weighted by atomic mass is 35.5. The maximum absolute atomic E-state index is 12.2. The van der Waals surface area contributed by atoms with Crippen LogP contribution < -0.4 is 10.1 Å². The summed E-state index contributed by atoms with van der Waals surface area (Å²) in [5.74, 6) is 0.919. The van der Waals surface area contributed by atoms with Crippen LogP contribution in [-0.4, -0.2) is 17.0 Å². The minimum absolute atomic E-state index is 0.250. The van der Waals surface area contributed by atoms with Gasteiger partial charge in [0.05, 0.1) is 0 Å². The van der Waals surface area contributed by atoms with Crippen LogP contribution in [0.5, 0.6) is 5.75 Å². The van der Waals surface area contributed by atoms with Crippen LogP contribution in [0.2, 0.25) is 5.02 Å². The molecule has 3 aromatic rings. The topological polar surface area (TPSA) is 64.4 Å². The predicted octanol–water partition coefficient (Wildman–Crippen LogP) is 4.20. The molecule has 0 saturated heterocycles. The third-order valence-corrected chi connectivity index (χ3v) is 3.51. The van der Waals surface area contributed by atoms with Gasteiger partial charge < -0.3 is 14.5 Å². The predicted molar refractivity (Wildman–Crippen MR) is 88.9 cm³/mol. The Labute approximate surface area is 138 Å². The van der Waals surface area contributed by atoms with Crippen LogP contribution in [0, 0.1) is 6.92 Å². The van der Waals surface area contributed by atoms with Gasteiger partial charge in [0.25, 0.3) is 5.91 Å². The fraction of sp³-hybridized carbons (Fsp3) is 0.176. The largest absolute Gasteiger partial charge is 0.481 e. The summed E-state index contributed by atoms with van der Waals surface area (Å²) < 4.78 is 11.0. The van der Waals surface area contributed by atoms with Gasteiger partial charge >= 0.3 is 0 Å². The summed E-state index contributed by atoms with van der Waals surface area (Å²) in [6.07, 6.45) is -0.647. The molecule has 0 unspecified atom stereocenters. The molecule has 1 N–H and O–H groups in total. The zero-order valence-corrected chi connectivity index (χ0v) is 13.4. The van der Waals surface area contributed by atoms with E-state index in [1.54, 1.807) is 56.3 Å². The summed E-state index contributed by atoms with van der Waals surface area (Å²) >= 11 is 5.82. The SMILES string of the molecule is Cc1nc2cc(NC(=O)[C@@H](C)Oc3ccc(Cl)cc3)ccc2o1. The monoisotopic (exact) mass is 330 g/mol. The number of fused-ring (bicyclic) bond motifs is 1. The van der Waals surface area contributed by atoms with Gasteiger partial charge in [-0.1, -0.05) is 11.6 Å². The average Bonchev–Trinajstić information content (AvgIpc) is 2.88. The van der Waals surface area contributed by atoms with Crippen molar-refractivity contribution in [1.29, 1.82) is 0 Å². The number of carbonyl (C=O) groups is 1. The zero-order valence-electron chi connectivity index (χ0n) is 12.7. The van der Waals surface area contributed by atoms with E-state index in [2.05, 4.69) is 10.3 Å². The number of aryl methyl sites for hydroxylation is 1. The molecule has 0 spiro atoms. The molecule has 0 aliphatic heterocycles. The van der Waals surface area contributed by atoms with Crippen LogP contribution in [0.1, 0.15) is 12.8 Å². The van der Waals surface area contributed by atoms with Gasteiger partial charge in [0.1, 0.15) is 11.3 Å². The lowest BCUT2D eigenvalue weighted by atomic mass is 10.2. The molecule has 23 heavy (non-hydrogen) atoms. The van der Waals surface area contributed by atoms with Crippen LogP contribution in [0.4, 0.5) is 5.69 Å². The highest BCUT2D eigenvalue weighted by Crippen LogP contribution is 2.21. The smallest absolute Gasteiger partial charge is 0.265 e. The van der Waals surface area contributed by atoms with E-state index >= 15 is 0 Å². The summed E-state index contributed by atoms with van der Waals surface area (Å²) in [6, 6.07) is 12.2. The van der Waals surface area contributed by atoms with Crippen molar-refractivity contribution < 1.29 is 13.9 Å². The summed E-state index contributed by atoms with van der Waals surface area (Å²) in [5.41, 5.74) is 2.03. The van der Waals surface area contributed by atoms with E-state index in [1.807, 2.05) is 0 Å². The van der Waals surface area contributed by atoms with Crippen molar-refractivity contribution in [3.63, 3.8) is 0 Å². The lowest BCUT2D eigenvalue weighted by Crippen LogP contribution is -2.30. The van der Waals surface area contributed by atoms with Crippen LogP contribution in [-0.2, 0) is 4.79 Å². The molecule has 1 atom stereocenters. The molecule has 5 nitrogen and oxygen atoms in total. The molecular formula is C17H15ClN2O3. The Morgan fingerprint density at radius 3 is 2.74 bits per heavy atom. The molecule has 1 amide bonds. The number of hydrogen-bond acceptors (Lipinski definition) is 4. The summed E-state index contributed by atoms with van der Waals surface area (Å²) in [7, 11) is 0. The highest BCUT2D eigenvalue weighted by Gasteiger charge is 2.15. The number of nitrogens with one attached hydrogen (secondary N) is 1. The molecule has 0 saturated carbocycles. The number of benzene rings is 2. The second-order valence-corrected chi connectivity index (χ2v) is 5.56. The van der Waals surface area contributed by atoms with E-state index in [4.69, 9.17) is 20.8 Å². The summed E-state index contributed by atoms with van der Waals surface area (Å²) in [5, 5.41) is 3.42. The molecule has 1 aromatic heterocycles. The first-order chi connectivity index (χ1) is 11.0. The normalized spacial score (nSPS) is 12.1. The Balaban J connectivity index is 1.67. The van der Waals surface area contributed by atoms with Gasteiger partial charge in [-0.15, -0.1) is 0 Å². The van der Waals surface area contributed by atoms with Gasteiger partial charge in [-0.2, -0.15) is 0 Å². The minimum atomic E-state index is -0.647. The quantitative estimate of drug-likeness (QED) is 0.778. The molecule has 0 aliphatic carbocycles. The number of anilines is 1. The number of hydrogen-bond donors (Lipinski definition) is 1. The van der Waals surface area contributed by atoms with E-state index in [0.717, 1.165) is 0 Å². The van der Waals surface area contributed by atoms with Gasteiger partial charge in [0.15, 0.2) is 17.6 Å². The lowest BCUT2D eigenvalue weighted by Gasteiger charge is -2.14. The van der Waals surface area contributed by atoms with E-state index < -0.39 is 6.10 Å². The molecule has 2 aromatic carbocycles. The van der Waals surface area contributed by atoms with Gasteiger partial charge in [-0.3, -0.25) is 4.79 Å². The molecule has 3 rings (SSSR count). The number of carbonyl (C=O) groups excluding carboxylic acids is 1. The fourth-order valence-corrected chi connectivity index (χ4v) is 2.26. The maximum Gasteiger partial charge on any atom is 0.265 e. The first-order valence-corrected chi connectivity index (χ1v) is 7.49. The minimum Gasteiger partial charge on any atom is -0.481 e. The average molecular weight is 331 g/mol. The molecule has 118 valence electrons. The number of oxazole rings is 1. The lowest BCUT2D eigenvalue weighted by molar-refractivity contribution is -0.122. The third-order valence-electron chi connectivity index (χ3n) is 3.26. The van der Waals surface area contributed by atoms with Crippen molar-refractivity contribution in [3.8, 4) is 5.75 Å². The van der Waals surface area contributed by atoms with Crippen LogP contribution in [0.3, 0.4) is 0 Å². The molecule has 0 fully saturated rings.